The van der Waals surface area contributed by atoms with E-state index in [1.54, 1.807) is 7.11 Å². The lowest BCUT2D eigenvalue weighted by Gasteiger charge is -2.36. The number of ether oxygens (including phenoxy) is 1. The first-order valence-electron chi connectivity index (χ1n) is 10.2. The van der Waals surface area contributed by atoms with Gasteiger partial charge in [0.2, 0.25) is 11.8 Å². The molecule has 2 fully saturated rings. The summed E-state index contributed by atoms with van der Waals surface area (Å²) in [6.07, 6.45) is 5.48. The molecule has 2 amide bonds. The van der Waals surface area contributed by atoms with E-state index in [1.807, 2.05) is 18.2 Å². The molecule has 1 aromatic rings. The molecule has 6 nitrogen and oxygen atoms in total. The van der Waals surface area contributed by atoms with Gasteiger partial charge in [-0.2, -0.15) is 0 Å². The van der Waals surface area contributed by atoms with Crippen LogP contribution in [0.2, 0.25) is 0 Å². The minimum Gasteiger partial charge on any atom is -0.496 e. The van der Waals surface area contributed by atoms with Gasteiger partial charge in [0.15, 0.2) is 0 Å². The number of piperazine rings is 1. The monoisotopic (exact) mass is 383 g/mol. The van der Waals surface area contributed by atoms with E-state index in [4.69, 9.17) is 4.74 Å². The third kappa shape index (κ3) is 3.71. The van der Waals surface area contributed by atoms with E-state index in [0.717, 1.165) is 38.5 Å². The predicted molar refractivity (Wildman–Crippen MR) is 107 cm³/mol. The van der Waals surface area contributed by atoms with E-state index >= 15 is 0 Å². The third-order valence-corrected chi connectivity index (χ3v) is 6.24. The fourth-order valence-electron chi connectivity index (χ4n) is 4.57. The third-order valence-electron chi connectivity index (χ3n) is 6.24. The van der Waals surface area contributed by atoms with E-state index in [1.165, 1.54) is 16.0 Å². The summed E-state index contributed by atoms with van der Waals surface area (Å²) >= 11 is 0. The average Bonchev–Trinajstić information content (AvgIpc) is 2.95. The van der Waals surface area contributed by atoms with Crippen LogP contribution in [0, 0.1) is 18.8 Å². The van der Waals surface area contributed by atoms with Gasteiger partial charge in [0, 0.05) is 38.3 Å². The minimum absolute atomic E-state index is 0.0197. The zero-order valence-electron chi connectivity index (χ0n) is 16.8. The molecule has 150 valence electrons. The van der Waals surface area contributed by atoms with Gasteiger partial charge >= 0.3 is 0 Å². The molecule has 0 radical (unpaired) electrons. The van der Waals surface area contributed by atoms with Crippen molar-refractivity contribution in [3.8, 4) is 5.75 Å². The van der Waals surface area contributed by atoms with Gasteiger partial charge in [-0.05, 0) is 25.8 Å². The SMILES string of the molecule is COc1ccc(C)cc1CN1CCN(CN2C(=O)[C@H]3CC=CC[C@H]3C2=O)CC1. The predicted octanol–water partition coefficient (Wildman–Crippen LogP) is 2.03. The number of carbonyl (C=O) groups excluding carboxylic acids is 2. The summed E-state index contributed by atoms with van der Waals surface area (Å²) in [4.78, 5) is 31.4. The van der Waals surface area contributed by atoms with Crippen LogP contribution >= 0.6 is 0 Å². The number of amides is 2. The maximum absolute atomic E-state index is 12.7. The van der Waals surface area contributed by atoms with Crippen LogP contribution in [0.25, 0.3) is 0 Å². The van der Waals surface area contributed by atoms with Gasteiger partial charge in [-0.25, -0.2) is 0 Å². The lowest BCUT2D eigenvalue weighted by molar-refractivity contribution is -0.142. The van der Waals surface area contributed by atoms with Crippen LogP contribution in [0.4, 0.5) is 0 Å². The number of carbonyl (C=O) groups is 2. The lowest BCUT2D eigenvalue weighted by Crippen LogP contribution is -2.51. The van der Waals surface area contributed by atoms with Crippen LogP contribution < -0.4 is 4.74 Å². The number of hydrogen-bond acceptors (Lipinski definition) is 5. The largest absolute Gasteiger partial charge is 0.496 e. The number of allylic oxidation sites excluding steroid dienone is 2. The van der Waals surface area contributed by atoms with Crippen molar-refractivity contribution in [2.45, 2.75) is 26.3 Å². The molecule has 0 saturated carbocycles. The molecule has 4 rings (SSSR count). The Morgan fingerprint density at radius 1 is 0.964 bits per heavy atom. The fourth-order valence-corrected chi connectivity index (χ4v) is 4.57. The van der Waals surface area contributed by atoms with Gasteiger partial charge in [-0.15, -0.1) is 0 Å². The molecule has 0 unspecified atom stereocenters. The Hall–Kier alpha value is -2.18. The Morgan fingerprint density at radius 2 is 1.57 bits per heavy atom. The van der Waals surface area contributed by atoms with E-state index in [9.17, 15) is 9.59 Å². The summed E-state index contributed by atoms with van der Waals surface area (Å²) in [5.74, 6) is 0.704. The van der Waals surface area contributed by atoms with Crippen molar-refractivity contribution >= 4 is 11.8 Å². The van der Waals surface area contributed by atoms with Gasteiger partial charge in [-0.1, -0.05) is 29.8 Å². The summed E-state index contributed by atoms with van der Waals surface area (Å²) in [5, 5.41) is 0. The number of nitrogens with zero attached hydrogens (tertiary/aromatic N) is 3. The van der Waals surface area contributed by atoms with Crippen molar-refractivity contribution in [1.29, 1.82) is 0 Å². The molecule has 28 heavy (non-hydrogen) atoms. The molecular formula is C22H29N3O3. The number of imide groups is 1. The van der Waals surface area contributed by atoms with E-state index in [-0.39, 0.29) is 23.7 Å². The Morgan fingerprint density at radius 3 is 2.18 bits per heavy atom. The molecule has 2 aliphatic heterocycles. The number of hydrogen-bond donors (Lipinski definition) is 0. The molecule has 0 bridgehead atoms. The molecule has 1 aromatic carbocycles. The van der Waals surface area contributed by atoms with Gasteiger partial charge in [0.05, 0.1) is 25.6 Å². The number of likely N-dealkylation sites (tertiary alicyclic amines) is 1. The Labute approximate surface area is 166 Å². The van der Waals surface area contributed by atoms with Crippen molar-refractivity contribution in [3.05, 3.63) is 41.5 Å². The highest BCUT2D eigenvalue weighted by Crippen LogP contribution is 2.35. The van der Waals surface area contributed by atoms with Crippen molar-refractivity contribution in [2.24, 2.45) is 11.8 Å². The Bertz CT molecular complexity index is 757. The smallest absolute Gasteiger partial charge is 0.234 e. The van der Waals surface area contributed by atoms with Crippen LogP contribution in [0.1, 0.15) is 24.0 Å². The van der Waals surface area contributed by atoms with Crippen LogP contribution in [0.15, 0.2) is 30.4 Å². The molecule has 0 spiro atoms. The van der Waals surface area contributed by atoms with Crippen LogP contribution in [0.3, 0.4) is 0 Å². The number of benzene rings is 1. The Balaban J connectivity index is 1.32. The molecule has 0 aromatic heterocycles. The lowest BCUT2D eigenvalue weighted by atomic mass is 9.85. The minimum atomic E-state index is -0.132. The molecular weight excluding hydrogens is 354 g/mol. The van der Waals surface area contributed by atoms with Gasteiger partial charge in [0.25, 0.3) is 0 Å². The fraction of sp³-hybridized carbons (Fsp3) is 0.545. The summed E-state index contributed by atoms with van der Waals surface area (Å²) in [7, 11) is 1.71. The number of aryl methyl sites for hydroxylation is 1. The van der Waals surface area contributed by atoms with Crippen molar-refractivity contribution in [3.63, 3.8) is 0 Å². The topological polar surface area (TPSA) is 53.1 Å². The molecule has 2 saturated heterocycles. The highest BCUT2D eigenvalue weighted by atomic mass is 16.5. The quantitative estimate of drug-likeness (QED) is 0.575. The Kier molecular flexibility index (Phi) is 5.51. The van der Waals surface area contributed by atoms with E-state index in [2.05, 4.69) is 28.9 Å². The first-order valence-corrected chi connectivity index (χ1v) is 10.2. The molecule has 6 heteroatoms. The van der Waals surface area contributed by atoms with Crippen molar-refractivity contribution < 1.29 is 14.3 Å². The first kappa shape index (κ1) is 19.2. The maximum atomic E-state index is 12.7. The molecule has 3 aliphatic rings. The second kappa shape index (κ2) is 8.05. The van der Waals surface area contributed by atoms with Gasteiger partial charge < -0.3 is 4.74 Å². The highest BCUT2D eigenvalue weighted by Gasteiger charge is 2.47. The molecule has 2 heterocycles. The second-order valence-electron chi connectivity index (χ2n) is 8.11. The first-order chi connectivity index (χ1) is 13.6. The molecule has 0 N–H and O–H groups in total. The summed E-state index contributed by atoms with van der Waals surface area (Å²) in [5.41, 5.74) is 2.44. The highest BCUT2D eigenvalue weighted by molar-refractivity contribution is 6.05. The molecule has 1 aliphatic carbocycles. The van der Waals surface area contributed by atoms with Crippen molar-refractivity contribution in [1.82, 2.24) is 14.7 Å². The van der Waals surface area contributed by atoms with Crippen molar-refractivity contribution in [2.75, 3.05) is 40.0 Å². The van der Waals surface area contributed by atoms with Crippen LogP contribution in [-0.4, -0.2) is 66.5 Å². The summed E-state index contributed by atoms with van der Waals surface area (Å²) in [6.45, 7) is 6.95. The molecule has 2 atom stereocenters. The normalized spacial score (nSPS) is 26.0. The number of methoxy groups -OCH3 is 1. The van der Waals surface area contributed by atoms with E-state index in [0.29, 0.717) is 19.5 Å². The van der Waals surface area contributed by atoms with E-state index < -0.39 is 0 Å². The zero-order valence-corrected chi connectivity index (χ0v) is 16.8. The van der Waals surface area contributed by atoms with Gasteiger partial charge in [-0.3, -0.25) is 24.3 Å². The van der Waals surface area contributed by atoms with Crippen LogP contribution in [0.5, 0.6) is 5.75 Å². The summed E-state index contributed by atoms with van der Waals surface area (Å²) in [6, 6.07) is 6.28. The average molecular weight is 383 g/mol. The zero-order chi connectivity index (χ0) is 19.7. The van der Waals surface area contributed by atoms with Crippen LogP contribution in [-0.2, 0) is 16.1 Å². The van der Waals surface area contributed by atoms with Gasteiger partial charge in [0.1, 0.15) is 5.75 Å². The standard InChI is InChI=1S/C22H29N3O3/c1-16-7-8-20(28-2)17(13-16)14-23-9-11-24(12-10-23)15-25-21(26)18-5-3-4-6-19(18)22(25)27/h3-4,7-8,13,18-19H,5-6,9-12,14-15H2,1-2H3/t18-,19+. The number of fused-ring (bicyclic) bond motifs is 1. The second-order valence-corrected chi connectivity index (χ2v) is 8.11. The number of rotatable bonds is 5. The summed E-state index contributed by atoms with van der Waals surface area (Å²) < 4.78 is 5.50. The maximum Gasteiger partial charge on any atom is 0.234 e.